The Morgan fingerprint density at radius 2 is 2.16 bits per heavy atom. The van der Waals surface area contributed by atoms with Crippen LogP contribution in [0, 0.1) is 5.82 Å². The van der Waals surface area contributed by atoms with E-state index < -0.39 is 0 Å². The first kappa shape index (κ1) is 14.0. The molecule has 0 atom stereocenters. The van der Waals surface area contributed by atoms with Crippen molar-refractivity contribution in [1.29, 1.82) is 0 Å². The number of hydrogen-bond acceptors (Lipinski definition) is 3. The van der Waals surface area contributed by atoms with Gasteiger partial charge in [-0.15, -0.1) is 0 Å². The lowest BCUT2D eigenvalue weighted by molar-refractivity contribution is 0.286. The van der Waals surface area contributed by atoms with E-state index in [9.17, 15) is 4.39 Å². The van der Waals surface area contributed by atoms with Gasteiger partial charge in [0.25, 0.3) is 0 Å². The van der Waals surface area contributed by atoms with Crippen LogP contribution in [0.25, 0.3) is 11.0 Å². The van der Waals surface area contributed by atoms with Crippen molar-refractivity contribution in [3.05, 3.63) is 29.8 Å². The predicted molar refractivity (Wildman–Crippen MR) is 73.7 cm³/mol. The van der Waals surface area contributed by atoms with Crippen molar-refractivity contribution < 1.29 is 9.50 Å². The van der Waals surface area contributed by atoms with Crippen LogP contribution in [0.3, 0.4) is 0 Å². The molecule has 0 amide bonds. The number of aryl methyl sites for hydroxylation is 1. The largest absolute Gasteiger partial charge is 0.396 e. The molecule has 0 unspecified atom stereocenters. The number of rotatable bonds is 6. The van der Waals surface area contributed by atoms with Crippen molar-refractivity contribution in [2.45, 2.75) is 19.4 Å². The number of benzene rings is 1. The van der Waals surface area contributed by atoms with Gasteiger partial charge in [-0.05, 0) is 32.6 Å². The normalized spacial score (nSPS) is 11.6. The summed E-state index contributed by atoms with van der Waals surface area (Å²) < 4.78 is 15.4. The average Bonchev–Trinajstić information content (AvgIpc) is 2.70. The Labute approximate surface area is 112 Å². The lowest BCUT2D eigenvalue weighted by Crippen LogP contribution is -2.19. The molecule has 4 nitrogen and oxygen atoms in total. The van der Waals surface area contributed by atoms with Crippen molar-refractivity contribution in [1.82, 2.24) is 14.5 Å². The number of imidazole rings is 1. The Morgan fingerprint density at radius 1 is 1.37 bits per heavy atom. The summed E-state index contributed by atoms with van der Waals surface area (Å²) in [6.45, 7) is 1.86. The van der Waals surface area contributed by atoms with Crippen LogP contribution < -0.4 is 0 Å². The number of aliphatic hydroxyl groups excluding tert-OH is 1. The number of aromatic nitrogens is 2. The SMILES string of the molecule is CN(C)CCn1c(CCCO)nc2cc(F)ccc21. The lowest BCUT2D eigenvalue weighted by Gasteiger charge is -2.13. The minimum atomic E-state index is -0.265. The first-order chi connectivity index (χ1) is 9.11. The van der Waals surface area contributed by atoms with Crippen LogP contribution in [0.4, 0.5) is 4.39 Å². The van der Waals surface area contributed by atoms with Crippen LogP contribution in [0.2, 0.25) is 0 Å². The van der Waals surface area contributed by atoms with Gasteiger partial charge in [-0.25, -0.2) is 9.37 Å². The molecule has 0 fully saturated rings. The summed E-state index contributed by atoms with van der Waals surface area (Å²) in [5.41, 5.74) is 1.64. The minimum Gasteiger partial charge on any atom is -0.396 e. The van der Waals surface area contributed by atoms with Gasteiger partial charge in [0.2, 0.25) is 0 Å². The van der Waals surface area contributed by atoms with E-state index in [0.717, 1.165) is 24.4 Å². The topological polar surface area (TPSA) is 41.3 Å². The van der Waals surface area contributed by atoms with Gasteiger partial charge in [0, 0.05) is 32.2 Å². The molecule has 5 heteroatoms. The van der Waals surface area contributed by atoms with E-state index in [1.165, 1.54) is 12.1 Å². The second-order valence-corrected chi connectivity index (χ2v) is 4.94. The van der Waals surface area contributed by atoms with Gasteiger partial charge < -0.3 is 14.6 Å². The highest BCUT2D eigenvalue weighted by molar-refractivity contribution is 5.76. The summed E-state index contributed by atoms with van der Waals surface area (Å²) in [4.78, 5) is 6.58. The van der Waals surface area contributed by atoms with E-state index in [1.807, 2.05) is 14.1 Å². The summed E-state index contributed by atoms with van der Waals surface area (Å²) in [6, 6.07) is 4.70. The summed E-state index contributed by atoms with van der Waals surface area (Å²) in [5.74, 6) is 0.648. The van der Waals surface area contributed by atoms with Gasteiger partial charge in [0.05, 0.1) is 11.0 Å². The quantitative estimate of drug-likeness (QED) is 0.863. The molecule has 0 aliphatic heterocycles. The van der Waals surface area contributed by atoms with Crippen molar-refractivity contribution in [3.63, 3.8) is 0 Å². The first-order valence-electron chi connectivity index (χ1n) is 6.52. The fourth-order valence-electron chi connectivity index (χ4n) is 2.13. The van der Waals surface area contributed by atoms with Gasteiger partial charge in [-0.2, -0.15) is 0 Å². The van der Waals surface area contributed by atoms with Crippen LogP contribution in [0.1, 0.15) is 12.2 Å². The molecule has 0 aliphatic carbocycles. The highest BCUT2D eigenvalue weighted by atomic mass is 19.1. The highest BCUT2D eigenvalue weighted by Gasteiger charge is 2.11. The zero-order chi connectivity index (χ0) is 13.8. The Morgan fingerprint density at radius 3 is 2.84 bits per heavy atom. The van der Waals surface area contributed by atoms with Crippen molar-refractivity contribution in [2.24, 2.45) is 0 Å². The molecule has 0 aliphatic rings. The number of fused-ring (bicyclic) bond motifs is 1. The molecule has 104 valence electrons. The predicted octanol–water partition coefficient (Wildman–Crippen LogP) is 1.66. The van der Waals surface area contributed by atoms with E-state index in [2.05, 4.69) is 14.5 Å². The lowest BCUT2D eigenvalue weighted by atomic mass is 10.3. The molecule has 19 heavy (non-hydrogen) atoms. The van der Waals surface area contributed by atoms with Gasteiger partial charge >= 0.3 is 0 Å². The Hall–Kier alpha value is -1.46. The van der Waals surface area contributed by atoms with E-state index in [-0.39, 0.29) is 12.4 Å². The third kappa shape index (κ3) is 3.30. The van der Waals surface area contributed by atoms with Crippen molar-refractivity contribution >= 4 is 11.0 Å². The minimum absolute atomic E-state index is 0.144. The van der Waals surface area contributed by atoms with Gasteiger partial charge in [-0.3, -0.25) is 0 Å². The molecule has 1 aromatic carbocycles. The van der Waals surface area contributed by atoms with Crippen LogP contribution in [0.15, 0.2) is 18.2 Å². The van der Waals surface area contributed by atoms with E-state index in [4.69, 9.17) is 5.11 Å². The van der Waals surface area contributed by atoms with Crippen LogP contribution in [-0.2, 0) is 13.0 Å². The number of halogens is 1. The molecule has 0 spiro atoms. The molecule has 2 rings (SSSR count). The number of hydrogen-bond donors (Lipinski definition) is 1. The molecule has 0 saturated heterocycles. The van der Waals surface area contributed by atoms with Crippen molar-refractivity contribution in [3.8, 4) is 0 Å². The first-order valence-corrected chi connectivity index (χ1v) is 6.52. The fourth-order valence-corrected chi connectivity index (χ4v) is 2.13. The summed E-state index contributed by atoms with van der Waals surface area (Å²) >= 11 is 0. The zero-order valence-corrected chi connectivity index (χ0v) is 11.4. The van der Waals surface area contributed by atoms with Crippen LogP contribution >= 0.6 is 0 Å². The third-order valence-electron chi connectivity index (χ3n) is 3.12. The molecule has 1 N–H and O–H groups in total. The molecule has 2 aromatic rings. The number of nitrogens with zero attached hydrogens (tertiary/aromatic N) is 3. The molecule has 1 heterocycles. The van der Waals surface area contributed by atoms with Crippen molar-refractivity contribution in [2.75, 3.05) is 27.2 Å². The van der Waals surface area contributed by atoms with E-state index in [1.54, 1.807) is 6.07 Å². The zero-order valence-electron chi connectivity index (χ0n) is 11.4. The smallest absolute Gasteiger partial charge is 0.125 e. The molecular weight excluding hydrogens is 245 g/mol. The standard InChI is InChI=1S/C14H20FN3O/c1-17(2)7-8-18-13-6-5-11(15)10-12(13)16-14(18)4-3-9-19/h5-6,10,19H,3-4,7-9H2,1-2H3. The Balaban J connectivity index is 2.36. The maximum atomic E-state index is 13.2. The maximum absolute atomic E-state index is 13.2. The summed E-state index contributed by atoms with van der Waals surface area (Å²) in [6.07, 6.45) is 1.38. The average molecular weight is 265 g/mol. The van der Waals surface area contributed by atoms with Crippen LogP contribution in [-0.4, -0.2) is 46.8 Å². The second kappa shape index (κ2) is 6.12. The van der Waals surface area contributed by atoms with Gasteiger partial charge in [0.15, 0.2) is 0 Å². The van der Waals surface area contributed by atoms with E-state index >= 15 is 0 Å². The Kier molecular flexibility index (Phi) is 4.50. The molecule has 1 aromatic heterocycles. The fraction of sp³-hybridized carbons (Fsp3) is 0.500. The summed E-state index contributed by atoms with van der Waals surface area (Å²) in [7, 11) is 4.04. The summed E-state index contributed by atoms with van der Waals surface area (Å²) in [5, 5.41) is 8.95. The van der Waals surface area contributed by atoms with Gasteiger partial charge in [-0.1, -0.05) is 0 Å². The molecule has 0 saturated carbocycles. The molecule has 0 bridgehead atoms. The maximum Gasteiger partial charge on any atom is 0.125 e. The Bertz CT molecular complexity index is 551. The number of aliphatic hydroxyl groups is 1. The highest BCUT2D eigenvalue weighted by Crippen LogP contribution is 2.18. The third-order valence-corrected chi connectivity index (χ3v) is 3.12. The van der Waals surface area contributed by atoms with Gasteiger partial charge in [0.1, 0.15) is 11.6 Å². The number of likely N-dealkylation sites (N-methyl/N-ethyl adjacent to an activating group) is 1. The monoisotopic (exact) mass is 265 g/mol. The van der Waals surface area contributed by atoms with E-state index in [0.29, 0.717) is 18.4 Å². The molecular formula is C14H20FN3O. The molecule has 0 radical (unpaired) electrons. The second-order valence-electron chi connectivity index (χ2n) is 4.94. The van der Waals surface area contributed by atoms with Crippen LogP contribution in [0.5, 0.6) is 0 Å².